The number of aromatic nitrogens is 2. The van der Waals surface area contributed by atoms with Crippen LogP contribution in [0.2, 0.25) is 0 Å². The number of hydrogen-bond acceptors (Lipinski definition) is 5. The predicted octanol–water partition coefficient (Wildman–Crippen LogP) is 1.33. The molecule has 0 spiro atoms. The summed E-state index contributed by atoms with van der Waals surface area (Å²) in [6.07, 6.45) is 4.02. The highest BCUT2D eigenvalue weighted by molar-refractivity contribution is 5.84. The Hall–Kier alpha value is -1.71. The van der Waals surface area contributed by atoms with Crippen molar-refractivity contribution in [3.8, 4) is 6.07 Å². The van der Waals surface area contributed by atoms with Gasteiger partial charge in [-0.3, -0.25) is 9.48 Å². The van der Waals surface area contributed by atoms with Gasteiger partial charge in [-0.15, -0.1) is 0 Å². The fourth-order valence-corrected chi connectivity index (χ4v) is 4.00. The van der Waals surface area contributed by atoms with Gasteiger partial charge in [-0.25, -0.2) is 0 Å². The third-order valence-corrected chi connectivity index (χ3v) is 4.90. The normalized spacial score (nSPS) is 37.4. The number of nitriles is 1. The summed E-state index contributed by atoms with van der Waals surface area (Å²) in [4.78, 5) is 12.7. The van der Waals surface area contributed by atoms with Crippen LogP contribution in [-0.2, 0) is 16.6 Å². The maximum atomic E-state index is 12.7. The lowest BCUT2D eigenvalue weighted by atomic mass is 9.62. The van der Waals surface area contributed by atoms with E-state index in [1.807, 2.05) is 13.2 Å². The first-order chi connectivity index (χ1) is 10.3. The van der Waals surface area contributed by atoms with E-state index in [0.29, 0.717) is 6.42 Å². The summed E-state index contributed by atoms with van der Waals surface area (Å²) in [6, 6.07) is 2.25. The van der Waals surface area contributed by atoms with E-state index in [2.05, 4.69) is 25.0 Å². The summed E-state index contributed by atoms with van der Waals surface area (Å²) in [5.74, 6) is -0.907. The molecule has 1 saturated heterocycles. The molecule has 2 fully saturated rings. The topological polar surface area (TPSA) is 93.9 Å². The van der Waals surface area contributed by atoms with E-state index < -0.39 is 12.1 Å². The van der Waals surface area contributed by atoms with Crippen LogP contribution in [0, 0.1) is 28.6 Å². The molecule has 0 radical (unpaired) electrons. The Bertz CT molecular complexity index is 630. The standard InChI is InChI=1S/C16H22N4O2/c1-16(2)4-11(21)14-12(5-16)22-15(18)10(6-17)13(14)9-7-19-20(3)8-9/h7-8,10,12-15H,4-5,18H2,1-3H3/t10-,12+,13+,14-,15+/m0/s1. The van der Waals surface area contributed by atoms with Crippen molar-refractivity contribution in [2.24, 2.45) is 30.0 Å². The number of ether oxygens (including phenoxy) is 1. The molecule has 2 aliphatic rings. The Morgan fingerprint density at radius 3 is 2.82 bits per heavy atom. The third-order valence-electron chi connectivity index (χ3n) is 4.90. The second-order valence-electron chi connectivity index (χ2n) is 7.30. The van der Waals surface area contributed by atoms with Crippen LogP contribution in [0.4, 0.5) is 0 Å². The molecule has 3 rings (SSSR count). The maximum absolute atomic E-state index is 12.7. The highest BCUT2D eigenvalue weighted by atomic mass is 16.5. The first-order valence-corrected chi connectivity index (χ1v) is 7.64. The van der Waals surface area contributed by atoms with Crippen molar-refractivity contribution in [1.29, 1.82) is 5.26 Å². The van der Waals surface area contributed by atoms with Gasteiger partial charge in [0.2, 0.25) is 0 Å². The molecule has 2 heterocycles. The van der Waals surface area contributed by atoms with Gasteiger partial charge in [-0.2, -0.15) is 10.4 Å². The average Bonchev–Trinajstić information content (AvgIpc) is 2.82. The second kappa shape index (κ2) is 5.18. The van der Waals surface area contributed by atoms with Crippen LogP contribution >= 0.6 is 0 Å². The Morgan fingerprint density at radius 1 is 1.50 bits per heavy atom. The van der Waals surface area contributed by atoms with Crippen LogP contribution in [0.5, 0.6) is 0 Å². The zero-order chi connectivity index (χ0) is 16.1. The quantitative estimate of drug-likeness (QED) is 0.844. The van der Waals surface area contributed by atoms with Gasteiger partial charge in [0.1, 0.15) is 12.0 Å². The monoisotopic (exact) mass is 302 g/mol. The summed E-state index contributed by atoms with van der Waals surface area (Å²) in [5, 5.41) is 13.7. The highest BCUT2D eigenvalue weighted by Crippen LogP contribution is 2.49. The number of rotatable bonds is 1. The van der Waals surface area contributed by atoms with Crippen molar-refractivity contribution in [3.05, 3.63) is 18.0 Å². The summed E-state index contributed by atoms with van der Waals surface area (Å²) in [5.41, 5.74) is 6.89. The van der Waals surface area contributed by atoms with Crippen molar-refractivity contribution in [3.63, 3.8) is 0 Å². The molecule has 1 aliphatic carbocycles. The lowest BCUT2D eigenvalue weighted by Gasteiger charge is -2.48. The molecule has 6 heteroatoms. The molecule has 1 saturated carbocycles. The van der Waals surface area contributed by atoms with Crippen molar-refractivity contribution < 1.29 is 9.53 Å². The number of nitrogens with zero attached hydrogens (tertiary/aromatic N) is 3. The minimum atomic E-state index is -0.668. The minimum Gasteiger partial charge on any atom is -0.358 e. The summed E-state index contributed by atoms with van der Waals surface area (Å²) in [6.45, 7) is 4.15. The van der Waals surface area contributed by atoms with Crippen molar-refractivity contribution in [1.82, 2.24) is 9.78 Å². The van der Waals surface area contributed by atoms with E-state index in [0.717, 1.165) is 12.0 Å². The van der Waals surface area contributed by atoms with Gasteiger partial charge in [0.15, 0.2) is 0 Å². The number of hydrogen-bond donors (Lipinski definition) is 1. The summed E-state index contributed by atoms with van der Waals surface area (Å²) in [7, 11) is 1.83. The van der Waals surface area contributed by atoms with Gasteiger partial charge in [-0.1, -0.05) is 13.8 Å². The predicted molar refractivity (Wildman–Crippen MR) is 79.4 cm³/mol. The Morgan fingerprint density at radius 2 is 2.23 bits per heavy atom. The number of aryl methyl sites for hydroxylation is 1. The first kappa shape index (κ1) is 15.2. The molecule has 6 nitrogen and oxygen atoms in total. The van der Waals surface area contributed by atoms with Gasteiger partial charge in [0.05, 0.1) is 30.2 Å². The van der Waals surface area contributed by atoms with Crippen molar-refractivity contribution >= 4 is 5.78 Å². The Balaban J connectivity index is 2.03. The molecule has 0 amide bonds. The Kier molecular flexibility index (Phi) is 3.58. The lowest BCUT2D eigenvalue weighted by molar-refractivity contribution is -0.163. The van der Waals surface area contributed by atoms with Gasteiger partial charge in [0, 0.05) is 25.6 Å². The van der Waals surface area contributed by atoms with Crippen molar-refractivity contribution in [2.75, 3.05) is 0 Å². The van der Waals surface area contributed by atoms with Crippen LogP contribution < -0.4 is 5.73 Å². The zero-order valence-electron chi connectivity index (χ0n) is 13.2. The van der Waals surface area contributed by atoms with Crippen LogP contribution in [0.25, 0.3) is 0 Å². The number of carbonyl (C=O) groups is 1. The van der Waals surface area contributed by atoms with Crippen LogP contribution in [-0.4, -0.2) is 27.9 Å². The molecule has 0 bridgehead atoms. The van der Waals surface area contributed by atoms with Gasteiger partial charge >= 0.3 is 0 Å². The molecule has 5 atom stereocenters. The van der Waals surface area contributed by atoms with Crippen LogP contribution in [0.1, 0.15) is 38.2 Å². The lowest BCUT2D eigenvalue weighted by Crippen LogP contribution is -2.56. The van der Waals surface area contributed by atoms with E-state index in [1.165, 1.54) is 0 Å². The summed E-state index contributed by atoms with van der Waals surface area (Å²) < 4.78 is 7.56. The van der Waals surface area contributed by atoms with Gasteiger partial charge < -0.3 is 10.5 Å². The fraction of sp³-hybridized carbons (Fsp3) is 0.688. The van der Waals surface area contributed by atoms with E-state index in [4.69, 9.17) is 10.5 Å². The van der Waals surface area contributed by atoms with E-state index >= 15 is 0 Å². The number of Topliss-reactive ketones (excluding diaryl/α,β-unsaturated/α-hetero) is 1. The molecular formula is C16H22N4O2. The maximum Gasteiger partial charge on any atom is 0.139 e. The van der Waals surface area contributed by atoms with E-state index in [9.17, 15) is 10.1 Å². The zero-order valence-corrected chi connectivity index (χ0v) is 13.2. The van der Waals surface area contributed by atoms with Crippen molar-refractivity contribution in [2.45, 2.75) is 44.9 Å². The molecule has 2 N–H and O–H groups in total. The van der Waals surface area contributed by atoms with E-state index in [-0.39, 0.29) is 29.1 Å². The van der Waals surface area contributed by atoms with Crippen LogP contribution in [0.3, 0.4) is 0 Å². The Labute approximate surface area is 130 Å². The number of ketones is 1. The molecule has 1 aromatic heterocycles. The average molecular weight is 302 g/mol. The molecular weight excluding hydrogens is 280 g/mol. The van der Waals surface area contributed by atoms with Gasteiger partial charge in [-0.05, 0) is 17.4 Å². The molecule has 0 aromatic carbocycles. The molecule has 22 heavy (non-hydrogen) atoms. The fourth-order valence-electron chi connectivity index (χ4n) is 4.00. The molecule has 1 aliphatic heterocycles. The smallest absolute Gasteiger partial charge is 0.139 e. The SMILES string of the molecule is Cn1cc([C@@H]2[C@H](C#N)[C@H](N)O[C@@H]3CC(C)(C)CC(=O)[C@H]23)cn1. The number of nitrogens with two attached hydrogens (primary N) is 1. The number of carbonyl (C=O) groups excluding carboxylic acids is 1. The largest absolute Gasteiger partial charge is 0.358 e. The number of fused-ring (bicyclic) bond motifs is 1. The van der Waals surface area contributed by atoms with E-state index in [1.54, 1.807) is 10.9 Å². The van der Waals surface area contributed by atoms with Crippen LogP contribution in [0.15, 0.2) is 12.4 Å². The minimum absolute atomic E-state index is 0.0864. The molecule has 1 aromatic rings. The highest BCUT2D eigenvalue weighted by Gasteiger charge is 2.53. The summed E-state index contributed by atoms with van der Waals surface area (Å²) >= 11 is 0. The van der Waals surface area contributed by atoms with Gasteiger partial charge in [0.25, 0.3) is 0 Å². The first-order valence-electron chi connectivity index (χ1n) is 7.64. The molecule has 0 unspecified atom stereocenters. The third kappa shape index (κ3) is 2.44. The molecule has 118 valence electrons. The second-order valence-corrected chi connectivity index (χ2v) is 7.30.